The molecule has 3 N–H and O–H groups in total. The van der Waals surface area contributed by atoms with E-state index in [2.05, 4.69) is 0 Å². The standard InChI is InChI=1S/C14H13Cl2NO2S/c1-6(2)10-11(17)13(14(18)19)20-12(10)8-4-3-7(15)5-9(8)16/h3-6H,17H2,1-2H3,(H,18,19). The largest absolute Gasteiger partial charge is 0.477 e. The number of hydrogen-bond donors (Lipinski definition) is 2. The summed E-state index contributed by atoms with van der Waals surface area (Å²) in [5.41, 5.74) is 7.87. The van der Waals surface area contributed by atoms with Crippen molar-refractivity contribution in [1.29, 1.82) is 0 Å². The normalized spacial score (nSPS) is 11.1. The summed E-state index contributed by atoms with van der Waals surface area (Å²) in [6, 6.07) is 5.15. The summed E-state index contributed by atoms with van der Waals surface area (Å²) in [6.07, 6.45) is 0. The van der Waals surface area contributed by atoms with Crippen LogP contribution in [0, 0.1) is 0 Å². The lowest BCUT2D eigenvalue weighted by Crippen LogP contribution is -2.00. The number of rotatable bonds is 3. The molecular formula is C14H13Cl2NO2S. The molecule has 0 amide bonds. The molecule has 1 aromatic heterocycles. The zero-order valence-electron chi connectivity index (χ0n) is 10.9. The van der Waals surface area contributed by atoms with E-state index in [-0.39, 0.29) is 10.8 Å². The fourth-order valence-corrected chi connectivity index (χ4v) is 3.88. The van der Waals surface area contributed by atoms with Crippen LogP contribution in [0.5, 0.6) is 0 Å². The molecule has 1 aromatic carbocycles. The Morgan fingerprint density at radius 3 is 2.50 bits per heavy atom. The summed E-state index contributed by atoms with van der Waals surface area (Å²) in [6.45, 7) is 3.94. The maximum absolute atomic E-state index is 11.3. The molecule has 2 aromatic rings. The van der Waals surface area contributed by atoms with Crippen molar-refractivity contribution in [2.45, 2.75) is 19.8 Å². The molecule has 0 saturated heterocycles. The third kappa shape index (κ3) is 2.64. The lowest BCUT2D eigenvalue weighted by Gasteiger charge is -2.10. The Kier molecular flexibility index (Phi) is 4.28. The van der Waals surface area contributed by atoms with Crippen LogP contribution >= 0.6 is 34.5 Å². The predicted molar refractivity (Wildman–Crippen MR) is 85.2 cm³/mol. The molecule has 0 fully saturated rings. The zero-order chi connectivity index (χ0) is 15.0. The monoisotopic (exact) mass is 329 g/mol. The number of hydrogen-bond acceptors (Lipinski definition) is 3. The second-order valence-electron chi connectivity index (χ2n) is 4.67. The van der Waals surface area contributed by atoms with Crippen LogP contribution in [0.15, 0.2) is 18.2 Å². The van der Waals surface area contributed by atoms with Gasteiger partial charge in [-0.25, -0.2) is 4.79 Å². The van der Waals surface area contributed by atoms with Gasteiger partial charge in [0.1, 0.15) is 4.88 Å². The first kappa shape index (κ1) is 15.2. The minimum atomic E-state index is -1.02. The number of benzene rings is 1. The van der Waals surface area contributed by atoms with Crippen LogP contribution in [0.25, 0.3) is 10.4 Å². The van der Waals surface area contributed by atoms with Crippen LogP contribution in [0.1, 0.15) is 35.0 Å². The predicted octanol–water partition coefficient (Wildman–Crippen LogP) is 5.13. The van der Waals surface area contributed by atoms with E-state index in [0.29, 0.717) is 15.7 Å². The summed E-state index contributed by atoms with van der Waals surface area (Å²) < 4.78 is 0. The number of anilines is 1. The Bertz CT molecular complexity index is 680. The van der Waals surface area contributed by atoms with E-state index in [1.807, 2.05) is 13.8 Å². The average molecular weight is 330 g/mol. The number of carboxylic acids is 1. The summed E-state index contributed by atoms with van der Waals surface area (Å²) in [5, 5.41) is 10.2. The topological polar surface area (TPSA) is 63.3 Å². The van der Waals surface area contributed by atoms with Gasteiger partial charge in [0.25, 0.3) is 0 Å². The van der Waals surface area contributed by atoms with Crippen molar-refractivity contribution < 1.29 is 9.90 Å². The molecular weight excluding hydrogens is 317 g/mol. The summed E-state index contributed by atoms with van der Waals surface area (Å²) in [4.78, 5) is 12.2. The number of nitrogens with two attached hydrogens (primary N) is 1. The van der Waals surface area contributed by atoms with Gasteiger partial charge >= 0.3 is 5.97 Å². The Labute approximate surface area is 130 Å². The molecule has 0 radical (unpaired) electrons. The smallest absolute Gasteiger partial charge is 0.348 e. The number of halogens is 2. The zero-order valence-corrected chi connectivity index (χ0v) is 13.2. The van der Waals surface area contributed by atoms with E-state index >= 15 is 0 Å². The molecule has 2 rings (SSSR count). The number of aromatic carboxylic acids is 1. The maximum atomic E-state index is 11.3. The fourth-order valence-electron chi connectivity index (χ4n) is 2.06. The Balaban J connectivity index is 2.73. The molecule has 0 aliphatic carbocycles. The highest BCUT2D eigenvalue weighted by molar-refractivity contribution is 7.18. The minimum absolute atomic E-state index is 0.0982. The fraction of sp³-hybridized carbons (Fsp3) is 0.214. The van der Waals surface area contributed by atoms with Crippen LogP contribution in [-0.2, 0) is 0 Å². The SMILES string of the molecule is CC(C)c1c(-c2ccc(Cl)cc2Cl)sc(C(=O)O)c1N. The average Bonchev–Trinajstić information content (AvgIpc) is 2.66. The van der Waals surface area contributed by atoms with Gasteiger partial charge in [-0.1, -0.05) is 43.1 Å². The second kappa shape index (κ2) is 5.64. The van der Waals surface area contributed by atoms with E-state index < -0.39 is 5.97 Å². The van der Waals surface area contributed by atoms with Crippen molar-refractivity contribution in [1.82, 2.24) is 0 Å². The highest BCUT2D eigenvalue weighted by atomic mass is 35.5. The Morgan fingerprint density at radius 2 is 2.00 bits per heavy atom. The van der Waals surface area contributed by atoms with Gasteiger partial charge < -0.3 is 10.8 Å². The van der Waals surface area contributed by atoms with Crippen molar-refractivity contribution in [2.75, 3.05) is 5.73 Å². The highest BCUT2D eigenvalue weighted by Crippen LogP contribution is 2.45. The molecule has 0 aliphatic heterocycles. The summed E-state index contributed by atoms with van der Waals surface area (Å²) in [7, 11) is 0. The summed E-state index contributed by atoms with van der Waals surface area (Å²) >= 11 is 13.3. The lowest BCUT2D eigenvalue weighted by molar-refractivity contribution is 0.0703. The molecule has 3 nitrogen and oxygen atoms in total. The van der Waals surface area contributed by atoms with Crippen LogP contribution < -0.4 is 5.73 Å². The minimum Gasteiger partial charge on any atom is -0.477 e. The van der Waals surface area contributed by atoms with Gasteiger partial charge in [0.05, 0.1) is 10.7 Å². The number of carboxylic acid groups (broad SMARTS) is 1. The van der Waals surface area contributed by atoms with Crippen molar-refractivity contribution >= 4 is 46.2 Å². The Morgan fingerprint density at radius 1 is 1.35 bits per heavy atom. The van der Waals surface area contributed by atoms with Gasteiger partial charge in [-0.2, -0.15) is 0 Å². The first-order chi connectivity index (χ1) is 9.32. The number of nitrogen functional groups attached to an aromatic ring is 1. The van der Waals surface area contributed by atoms with Gasteiger partial charge in [-0.15, -0.1) is 11.3 Å². The molecule has 0 saturated carbocycles. The van der Waals surface area contributed by atoms with Crippen LogP contribution in [-0.4, -0.2) is 11.1 Å². The lowest BCUT2D eigenvalue weighted by atomic mass is 9.98. The number of carbonyl (C=O) groups is 1. The van der Waals surface area contributed by atoms with Gasteiger partial charge in [-0.05, 0) is 23.6 Å². The van der Waals surface area contributed by atoms with E-state index in [4.69, 9.17) is 28.9 Å². The quantitative estimate of drug-likeness (QED) is 0.820. The molecule has 0 unspecified atom stereocenters. The maximum Gasteiger partial charge on any atom is 0.348 e. The van der Waals surface area contributed by atoms with E-state index in [1.54, 1.807) is 18.2 Å². The van der Waals surface area contributed by atoms with Crippen molar-refractivity contribution in [3.63, 3.8) is 0 Å². The van der Waals surface area contributed by atoms with Gasteiger partial charge in [-0.3, -0.25) is 0 Å². The third-order valence-corrected chi connectivity index (χ3v) is 4.72. The van der Waals surface area contributed by atoms with E-state index in [1.165, 1.54) is 0 Å². The van der Waals surface area contributed by atoms with Crippen molar-refractivity contribution in [3.05, 3.63) is 38.7 Å². The molecule has 106 valence electrons. The molecule has 0 atom stereocenters. The van der Waals surface area contributed by atoms with Crippen molar-refractivity contribution in [3.8, 4) is 10.4 Å². The second-order valence-corrected chi connectivity index (χ2v) is 6.54. The summed E-state index contributed by atoms with van der Waals surface area (Å²) in [5.74, 6) is -0.924. The first-order valence-electron chi connectivity index (χ1n) is 5.93. The van der Waals surface area contributed by atoms with Crippen molar-refractivity contribution in [2.24, 2.45) is 0 Å². The third-order valence-electron chi connectivity index (χ3n) is 2.93. The molecule has 0 spiro atoms. The van der Waals surface area contributed by atoms with Crippen LogP contribution in [0.4, 0.5) is 5.69 Å². The highest BCUT2D eigenvalue weighted by Gasteiger charge is 2.24. The molecule has 1 heterocycles. The molecule has 20 heavy (non-hydrogen) atoms. The van der Waals surface area contributed by atoms with E-state index in [0.717, 1.165) is 27.3 Å². The van der Waals surface area contributed by atoms with Gasteiger partial charge in [0, 0.05) is 15.5 Å². The van der Waals surface area contributed by atoms with E-state index in [9.17, 15) is 9.90 Å². The van der Waals surface area contributed by atoms with Gasteiger partial charge in [0.15, 0.2) is 0 Å². The van der Waals surface area contributed by atoms with Crippen LogP contribution in [0.2, 0.25) is 10.0 Å². The molecule has 0 aliphatic rings. The molecule has 0 bridgehead atoms. The molecule has 6 heteroatoms. The van der Waals surface area contributed by atoms with Crippen LogP contribution in [0.3, 0.4) is 0 Å². The van der Waals surface area contributed by atoms with Gasteiger partial charge in [0.2, 0.25) is 0 Å². The number of thiophene rings is 1. The Hall–Kier alpha value is -1.23. The first-order valence-corrected chi connectivity index (χ1v) is 7.51.